The number of fused-ring (bicyclic) bond motifs is 3. The van der Waals surface area contributed by atoms with E-state index in [9.17, 15) is 4.79 Å². The topological polar surface area (TPSA) is 17.1 Å². The van der Waals surface area contributed by atoms with Crippen molar-refractivity contribution in [1.29, 1.82) is 0 Å². The van der Waals surface area contributed by atoms with Crippen molar-refractivity contribution >= 4 is 23.0 Å². The maximum Gasteiger partial charge on any atom is 0.194 e. The first-order chi connectivity index (χ1) is 13.9. The smallest absolute Gasteiger partial charge is 0.194 e. The van der Waals surface area contributed by atoms with Gasteiger partial charge in [-0.2, -0.15) is 0 Å². The molecule has 0 unspecified atom stereocenters. The van der Waals surface area contributed by atoms with Crippen LogP contribution >= 0.6 is 0 Å². The molecule has 0 saturated carbocycles. The molecule has 154 valence electrons. The monoisotopic (exact) mass is 396 g/mol. The summed E-state index contributed by atoms with van der Waals surface area (Å²) in [5.41, 5.74) is 10.9. The van der Waals surface area contributed by atoms with E-state index in [-0.39, 0.29) is 16.6 Å². The van der Waals surface area contributed by atoms with Gasteiger partial charge in [-0.25, -0.2) is 0 Å². The Hall–Kier alpha value is -2.67. The average Bonchev–Trinajstić information content (AvgIpc) is 2.99. The molecule has 2 aliphatic carbocycles. The third-order valence-corrected chi connectivity index (χ3v) is 6.29. The molecule has 2 aromatic carbocycles. The highest BCUT2D eigenvalue weighted by atomic mass is 16.1. The Labute approximate surface area is 181 Å². The quantitative estimate of drug-likeness (QED) is 0.489. The van der Waals surface area contributed by atoms with Gasteiger partial charge in [0.25, 0.3) is 0 Å². The molecule has 0 amide bonds. The van der Waals surface area contributed by atoms with Gasteiger partial charge in [0, 0.05) is 11.1 Å². The van der Waals surface area contributed by atoms with E-state index in [1.165, 1.54) is 16.7 Å². The van der Waals surface area contributed by atoms with E-state index < -0.39 is 0 Å². The number of carbonyl (C=O) groups is 1. The molecule has 2 aliphatic rings. The second kappa shape index (κ2) is 6.67. The largest absolute Gasteiger partial charge is 0.289 e. The van der Waals surface area contributed by atoms with Gasteiger partial charge in [-0.3, -0.25) is 4.79 Å². The van der Waals surface area contributed by atoms with Gasteiger partial charge in [0.05, 0.1) is 0 Å². The molecule has 0 aromatic heterocycles. The van der Waals surface area contributed by atoms with Crippen LogP contribution in [0.25, 0.3) is 17.2 Å². The molecule has 4 rings (SSSR count). The van der Waals surface area contributed by atoms with Crippen molar-refractivity contribution in [3.63, 3.8) is 0 Å². The average molecular weight is 397 g/mol. The van der Waals surface area contributed by atoms with Gasteiger partial charge in [-0.15, -0.1) is 0 Å². The Morgan fingerprint density at radius 3 is 2.00 bits per heavy atom. The number of aryl methyl sites for hydroxylation is 2. The van der Waals surface area contributed by atoms with E-state index in [4.69, 9.17) is 0 Å². The lowest BCUT2D eigenvalue weighted by atomic mass is 9.73. The molecule has 0 saturated heterocycles. The summed E-state index contributed by atoms with van der Waals surface area (Å²) in [5.74, 6) is 0.151. The van der Waals surface area contributed by atoms with Crippen molar-refractivity contribution in [2.75, 3.05) is 0 Å². The zero-order valence-electron chi connectivity index (χ0n) is 19.5. The van der Waals surface area contributed by atoms with E-state index in [2.05, 4.69) is 104 Å². The third kappa shape index (κ3) is 3.31. The molecule has 0 bridgehead atoms. The lowest BCUT2D eigenvalue weighted by Crippen LogP contribution is -2.20. The Kier molecular flexibility index (Phi) is 4.58. The van der Waals surface area contributed by atoms with Crippen LogP contribution in [0.3, 0.4) is 0 Å². The van der Waals surface area contributed by atoms with E-state index in [1.807, 2.05) is 0 Å². The summed E-state index contributed by atoms with van der Waals surface area (Å²) >= 11 is 0. The molecule has 1 nitrogen and oxygen atoms in total. The van der Waals surface area contributed by atoms with Crippen molar-refractivity contribution in [2.45, 2.75) is 60.8 Å². The number of rotatable bonds is 1. The van der Waals surface area contributed by atoms with Crippen LogP contribution in [0.1, 0.15) is 74.9 Å². The lowest BCUT2D eigenvalue weighted by molar-refractivity contribution is -0.110. The number of carbonyl (C=O) groups excluding carboxylic acids is 1. The van der Waals surface area contributed by atoms with Crippen LogP contribution in [-0.4, -0.2) is 5.78 Å². The fraction of sp³-hybridized carbons (Fsp3) is 0.345. The summed E-state index contributed by atoms with van der Waals surface area (Å²) < 4.78 is 0. The lowest BCUT2D eigenvalue weighted by Gasteiger charge is -2.30. The Morgan fingerprint density at radius 1 is 0.700 bits per heavy atom. The molecule has 0 spiro atoms. The summed E-state index contributed by atoms with van der Waals surface area (Å²) in [6.07, 6.45) is 4.36. The number of Topliss-reactive ketones (excluding diaryl/α,β-unsaturated/α-hetero) is 1. The molecule has 0 aliphatic heterocycles. The Morgan fingerprint density at radius 2 is 1.40 bits per heavy atom. The van der Waals surface area contributed by atoms with Crippen LogP contribution in [0.4, 0.5) is 0 Å². The zero-order valence-corrected chi connectivity index (χ0v) is 19.5. The van der Waals surface area contributed by atoms with Crippen molar-refractivity contribution in [2.24, 2.45) is 5.41 Å². The SMILES string of the molecule is Cc1ccc(C2=C(C(C)(C)C)C=C3C(=Cc4ccc(C(C)(C)C)cc43)C2=O)c(C)c1. The number of hydrogen-bond donors (Lipinski definition) is 0. The number of ketones is 1. The van der Waals surface area contributed by atoms with E-state index in [1.54, 1.807) is 0 Å². The molecule has 2 aromatic rings. The molecule has 1 heteroatoms. The van der Waals surface area contributed by atoms with E-state index in [0.29, 0.717) is 0 Å². The fourth-order valence-corrected chi connectivity index (χ4v) is 4.53. The first kappa shape index (κ1) is 20.6. The van der Waals surface area contributed by atoms with Crippen molar-refractivity contribution < 1.29 is 4.79 Å². The first-order valence-electron chi connectivity index (χ1n) is 10.8. The normalized spacial score (nSPS) is 16.3. The van der Waals surface area contributed by atoms with Crippen LogP contribution in [0.15, 0.2) is 53.6 Å². The van der Waals surface area contributed by atoms with Gasteiger partial charge in [-0.1, -0.05) is 77.4 Å². The van der Waals surface area contributed by atoms with Crippen LogP contribution in [0.2, 0.25) is 0 Å². The van der Waals surface area contributed by atoms with Crippen LogP contribution in [-0.2, 0) is 10.2 Å². The summed E-state index contributed by atoms with van der Waals surface area (Å²) in [6.45, 7) is 17.5. The first-order valence-corrected chi connectivity index (χ1v) is 10.8. The summed E-state index contributed by atoms with van der Waals surface area (Å²) in [5, 5.41) is 0. The van der Waals surface area contributed by atoms with Crippen molar-refractivity contribution in [3.8, 4) is 0 Å². The number of benzene rings is 2. The highest BCUT2D eigenvalue weighted by molar-refractivity contribution is 6.39. The van der Waals surface area contributed by atoms with Crippen LogP contribution < -0.4 is 0 Å². The molecule has 0 atom stereocenters. The Balaban J connectivity index is 1.98. The van der Waals surface area contributed by atoms with Gasteiger partial charge in [0.15, 0.2) is 5.78 Å². The second-order valence-electron chi connectivity index (χ2n) is 10.9. The number of hydrogen-bond acceptors (Lipinski definition) is 1. The highest BCUT2D eigenvalue weighted by Crippen LogP contribution is 2.48. The third-order valence-electron chi connectivity index (χ3n) is 6.29. The molecule has 0 fully saturated rings. The maximum atomic E-state index is 13.9. The Bertz CT molecular complexity index is 1170. The number of allylic oxidation sites excluding steroid dienone is 5. The standard InChI is InChI=1S/C29H32O/c1-17-9-12-21(18(2)13-17)26-25(29(6,7)8)16-23-22-15-20(28(3,4)5)11-10-19(22)14-24(23)27(26)30/h9-16H,1-8H3. The van der Waals surface area contributed by atoms with Crippen LogP contribution in [0.5, 0.6) is 0 Å². The van der Waals surface area contributed by atoms with Crippen LogP contribution in [0, 0.1) is 19.3 Å². The summed E-state index contributed by atoms with van der Waals surface area (Å²) in [6, 6.07) is 13.0. The molecule has 30 heavy (non-hydrogen) atoms. The van der Waals surface area contributed by atoms with Crippen molar-refractivity contribution in [1.82, 2.24) is 0 Å². The minimum atomic E-state index is -0.134. The zero-order chi connectivity index (χ0) is 22.0. The molecule has 0 radical (unpaired) electrons. The van der Waals surface area contributed by atoms with Crippen molar-refractivity contribution in [3.05, 3.63) is 87.0 Å². The van der Waals surface area contributed by atoms with E-state index in [0.717, 1.165) is 39.0 Å². The maximum absolute atomic E-state index is 13.9. The van der Waals surface area contributed by atoms with Gasteiger partial charge >= 0.3 is 0 Å². The summed E-state index contributed by atoms with van der Waals surface area (Å²) in [7, 11) is 0. The molecule has 0 N–H and O–H groups in total. The predicted octanol–water partition coefficient (Wildman–Crippen LogP) is 7.46. The van der Waals surface area contributed by atoms with Gasteiger partial charge in [-0.05, 0) is 81.9 Å². The molecule has 0 heterocycles. The predicted molar refractivity (Wildman–Crippen MR) is 128 cm³/mol. The minimum absolute atomic E-state index is 0.0733. The van der Waals surface area contributed by atoms with Gasteiger partial charge < -0.3 is 0 Å². The highest BCUT2D eigenvalue weighted by Gasteiger charge is 2.36. The second-order valence-corrected chi connectivity index (χ2v) is 10.9. The molecular formula is C29H32O. The fourth-order valence-electron chi connectivity index (χ4n) is 4.53. The van der Waals surface area contributed by atoms with E-state index >= 15 is 0 Å². The molecular weight excluding hydrogens is 364 g/mol. The van der Waals surface area contributed by atoms with Gasteiger partial charge in [0.2, 0.25) is 0 Å². The summed E-state index contributed by atoms with van der Waals surface area (Å²) in [4.78, 5) is 13.9. The minimum Gasteiger partial charge on any atom is -0.289 e. The van der Waals surface area contributed by atoms with Gasteiger partial charge in [0.1, 0.15) is 0 Å².